The molecule has 0 spiro atoms. The Kier molecular flexibility index (Phi) is 15.6. The maximum Gasteiger partial charge on any atom is 0.302 e. The summed E-state index contributed by atoms with van der Waals surface area (Å²) in [5, 5.41) is 17.1. The van der Waals surface area contributed by atoms with Crippen LogP contribution in [-0.2, 0) is 31.9 Å². The van der Waals surface area contributed by atoms with Gasteiger partial charge in [-0.1, -0.05) is 74.5 Å². The number of carbonyl (C=O) groups is 3. The Labute approximate surface area is 310 Å². The molecular formula is C34H41N8O7PS2. The van der Waals surface area contributed by atoms with Crippen LogP contribution in [0.3, 0.4) is 0 Å². The monoisotopic (exact) mass is 768 g/mol. The summed E-state index contributed by atoms with van der Waals surface area (Å²) in [6.45, 7) is 3.93. The normalized spacial score (nSPS) is 15.3. The zero-order chi connectivity index (χ0) is 37.6. The largest absolute Gasteiger partial charge is 0.603 e. The van der Waals surface area contributed by atoms with Crippen LogP contribution in [0, 0.1) is 16.0 Å². The van der Waals surface area contributed by atoms with Crippen molar-refractivity contribution in [3.8, 4) is 0 Å². The van der Waals surface area contributed by atoms with Crippen LogP contribution in [0.5, 0.6) is 0 Å². The number of nitro groups is 1. The zero-order valence-electron chi connectivity index (χ0n) is 28.6. The minimum Gasteiger partial charge on any atom is -0.603 e. The van der Waals surface area contributed by atoms with Gasteiger partial charge in [0.05, 0.1) is 17.0 Å². The molecule has 5 atom stereocenters. The summed E-state index contributed by atoms with van der Waals surface area (Å²) in [6, 6.07) is 19.3. The number of carbonyl (C=O) groups excluding carboxylic acids is 3. The molecule has 0 fully saturated rings. The number of pyridine rings is 1. The minimum atomic E-state index is -2.60. The zero-order valence-corrected chi connectivity index (χ0v) is 31.1. The standard InChI is InChI=1S/C34H41N8O7PS2/c1-3-23(2)32(49-50(48)21-30(43)38-19-25-13-8-5-9-14-25)39-31(44)27(35)18-26-20-40(34(45)28(36)17-24-11-6-4-7-12-24)22-41(26)52-51-33-29(42(46)47)15-10-16-37-33/h4-16,20-21,23,27-28,32H,3,17-19,22,35-36H2,1-2H3,(H,38,43)(H,39,44)/t23?,27-,28+,32?/m1/s1. The maximum absolute atomic E-state index is 13.4. The van der Waals surface area contributed by atoms with Crippen LogP contribution in [0.2, 0.25) is 0 Å². The van der Waals surface area contributed by atoms with E-state index in [0.29, 0.717) is 18.5 Å². The van der Waals surface area contributed by atoms with Crippen LogP contribution in [0.15, 0.2) is 95.9 Å². The van der Waals surface area contributed by atoms with Gasteiger partial charge in [-0.15, -0.1) is 0 Å². The topological polar surface area (TPSA) is 222 Å². The van der Waals surface area contributed by atoms with E-state index in [9.17, 15) is 29.4 Å². The van der Waals surface area contributed by atoms with Crippen molar-refractivity contribution in [1.82, 2.24) is 24.8 Å². The van der Waals surface area contributed by atoms with Crippen molar-refractivity contribution in [3.63, 3.8) is 0 Å². The Bertz CT molecular complexity index is 1760. The summed E-state index contributed by atoms with van der Waals surface area (Å²) in [5.74, 6) is -0.937. The van der Waals surface area contributed by atoms with E-state index in [2.05, 4.69) is 15.6 Å². The first-order valence-electron chi connectivity index (χ1n) is 16.3. The molecule has 0 bridgehead atoms. The van der Waals surface area contributed by atoms with Gasteiger partial charge in [0, 0.05) is 54.0 Å². The van der Waals surface area contributed by atoms with Gasteiger partial charge in [-0.3, -0.25) is 33.7 Å². The quantitative estimate of drug-likeness (QED) is 0.0365. The third-order valence-corrected chi connectivity index (χ3v) is 11.1. The van der Waals surface area contributed by atoms with Crippen molar-refractivity contribution in [2.45, 2.75) is 63.0 Å². The van der Waals surface area contributed by atoms with Crippen molar-refractivity contribution >= 4 is 59.0 Å². The number of benzene rings is 2. The molecule has 3 aromatic rings. The molecular weight excluding hydrogens is 728 g/mol. The second kappa shape index (κ2) is 20.0. The first-order chi connectivity index (χ1) is 24.9. The van der Waals surface area contributed by atoms with Crippen molar-refractivity contribution < 1.29 is 28.7 Å². The maximum atomic E-state index is 13.4. The van der Waals surface area contributed by atoms with Gasteiger partial charge >= 0.3 is 5.69 Å². The van der Waals surface area contributed by atoms with Crippen LogP contribution < -0.4 is 27.0 Å². The van der Waals surface area contributed by atoms with Crippen molar-refractivity contribution in [2.75, 3.05) is 6.67 Å². The van der Waals surface area contributed by atoms with Gasteiger partial charge in [0.25, 0.3) is 5.91 Å². The molecule has 0 saturated heterocycles. The number of nitrogens with two attached hydrogens (primary N) is 2. The molecule has 276 valence electrons. The number of hydrogen-bond acceptors (Lipinski definition) is 13. The van der Waals surface area contributed by atoms with E-state index >= 15 is 0 Å². The lowest BCUT2D eigenvalue weighted by Gasteiger charge is -2.25. The summed E-state index contributed by atoms with van der Waals surface area (Å²) in [4.78, 5) is 68.6. The van der Waals surface area contributed by atoms with Gasteiger partial charge in [-0.05, 0) is 40.8 Å². The predicted molar refractivity (Wildman–Crippen MR) is 200 cm³/mol. The Balaban J connectivity index is 1.44. The lowest BCUT2D eigenvalue weighted by Crippen LogP contribution is -2.48. The Morgan fingerprint density at radius 2 is 1.71 bits per heavy atom. The smallest absolute Gasteiger partial charge is 0.302 e. The van der Waals surface area contributed by atoms with Gasteiger partial charge in [0.2, 0.25) is 25.6 Å². The van der Waals surface area contributed by atoms with Gasteiger partial charge in [0.15, 0.2) is 11.3 Å². The summed E-state index contributed by atoms with van der Waals surface area (Å²) in [6.07, 6.45) is 2.78. The highest BCUT2D eigenvalue weighted by molar-refractivity contribution is 8.75. The lowest BCUT2D eigenvalue weighted by atomic mass is 10.1. The van der Waals surface area contributed by atoms with E-state index in [0.717, 1.165) is 38.7 Å². The molecule has 52 heavy (non-hydrogen) atoms. The SMILES string of the molecule is CCC(C)C(NC(=O)[C@H](N)CC1=CN(C(=O)[C@@H](N)Cc2ccccc2)CN1SSc1ncccc1[N+](=O)[O-])O[P+]([O-])=CC(=O)NCc1ccccc1. The fraction of sp³-hybridized carbons (Fsp3) is 0.324. The third kappa shape index (κ3) is 12.1. The molecule has 0 aliphatic carbocycles. The molecule has 3 amide bonds. The molecule has 3 unspecified atom stereocenters. The lowest BCUT2D eigenvalue weighted by molar-refractivity contribution is -0.388. The molecule has 0 saturated carbocycles. The van der Waals surface area contributed by atoms with Crippen molar-refractivity contribution in [2.24, 2.45) is 17.4 Å². The number of nitrogens with one attached hydrogen (secondary N) is 2. The molecule has 15 nitrogen and oxygen atoms in total. The highest BCUT2D eigenvalue weighted by Crippen LogP contribution is 2.41. The fourth-order valence-electron chi connectivity index (χ4n) is 4.83. The Hall–Kier alpha value is -4.35. The number of rotatable bonds is 18. The van der Waals surface area contributed by atoms with E-state index in [1.807, 2.05) is 67.6 Å². The van der Waals surface area contributed by atoms with E-state index in [1.54, 1.807) is 17.4 Å². The second-order valence-electron chi connectivity index (χ2n) is 11.8. The average molecular weight is 769 g/mol. The third-order valence-electron chi connectivity index (χ3n) is 7.92. The summed E-state index contributed by atoms with van der Waals surface area (Å²) in [5.41, 5.74) is 14.7. The molecule has 0 radical (unpaired) electrons. The van der Waals surface area contributed by atoms with E-state index in [-0.39, 0.29) is 42.2 Å². The van der Waals surface area contributed by atoms with Crippen LogP contribution in [0.1, 0.15) is 37.8 Å². The van der Waals surface area contributed by atoms with E-state index < -0.39 is 43.0 Å². The van der Waals surface area contributed by atoms with Crippen LogP contribution in [0.4, 0.5) is 5.69 Å². The molecule has 1 aromatic heterocycles. The first kappa shape index (κ1) is 40.4. The Morgan fingerprint density at radius 3 is 2.37 bits per heavy atom. The molecule has 2 heterocycles. The molecule has 4 rings (SSSR count). The van der Waals surface area contributed by atoms with Crippen molar-refractivity contribution in [3.05, 3.63) is 112 Å². The molecule has 6 N–H and O–H groups in total. The molecule has 1 aliphatic rings. The highest BCUT2D eigenvalue weighted by Gasteiger charge is 2.33. The van der Waals surface area contributed by atoms with Gasteiger partial charge in [-0.25, -0.2) is 4.98 Å². The summed E-state index contributed by atoms with van der Waals surface area (Å²) in [7, 11) is -0.488. The van der Waals surface area contributed by atoms with Crippen LogP contribution >= 0.6 is 29.8 Å². The van der Waals surface area contributed by atoms with Crippen molar-refractivity contribution in [1.29, 1.82) is 0 Å². The number of amides is 3. The van der Waals surface area contributed by atoms with Gasteiger partial charge < -0.3 is 27.0 Å². The fourth-order valence-corrected chi connectivity index (χ4v) is 7.83. The highest BCUT2D eigenvalue weighted by atomic mass is 33.1. The van der Waals surface area contributed by atoms with Gasteiger partial charge in [0.1, 0.15) is 6.67 Å². The van der Waals surface area contributed by atoms with E-state index in [1.165, 1.54) is 23.2 Å². The van der Waals surface area contributed by atoms with Crippen LogP contribution in [0.25, 0.3) is 0 Å². The van der Waals surface area contributed by atoms with Crippen LogP contribution in [-0.4, -0.2) is 67.6 Å². The number of hydrogen-bond donors (Lipinski definition) is 4. The van der Waals surface area contributed by atoms with Gasteiger partial charge in [-0.2, -0.15) is 4.52 Å². The van der Waals surface area contributed by atoms with E-state index in [4.69, 9.17) is 16.0 Å². The number of aromatic nitrogens is 1. The first-order valence-corrected chi connectivity index (χ1v) is 19.7. The Morgan fingerprint density at radius 1 is 1.04 bits per heavy atom. The average Bonchev–Trinajstić information content (AvgIpc) is 3.54. The summed E-state index contributed by atoms with van der Waals surface area (Å²) < 4.78 is 7.31. The summed E-state index contributed by atoms with van der Waals surface area (Å²) >= 11 is 0. The number of nitrogens with zero attached hydrogens (tertiary/aromatic N) is 4. The molecule has 2 aromatic carbocycles. The minimum absolute atomic E-state index is 0.0323. The molecule has 1 aliphatic heterocycles. The predicted octanol–water partition coefficient (Wildman–Crippen LogP) is 3.17. The molecule has 18 heteroatoms. The second-order valence-corrected chi connectivity index (χ2v) is 15.0.